The van der Waals surface area contributed by atoms with Crippen LogP contribution in [0, 0.1) is 5.82 Å². The highest BCUT2D eigenvalue weighted by atomic mass is 35.5. The summed E-state index contributed by atoms with van der Waals surface area (Å²) in [5.74, 6) is -2.61. The van der Waals surface area contributed by atoms with Crippen molar-refractivity contribution in [3.05, 3.63) is 40.7 Å². The number of nitrogens with one attached hydrogen (secondary N) is 1. The lowest BCUT2D eigenvalue weighted by Crippen LogP contribution is -2.25. The van der Waals surface area contributed by atoms with Crippen LogP contribution < -0.4 is 5.32 Å². The van der Waals surface area contributed by atoms with Crippen LogP contribution >= 0.6 is 11.6 Å². The molecular formula is C12H10ClF4N3O. The zero-order valence-corrected chi connectivity index (χ0v) is 11.3. The van der Waals surface area contributed by atoms with Crippen LogP contribution in [0.15, 0.2) is 24.2 Å². The molecule has 1 aromatic rings. The quantitative estimate of drug-likeness (QED) is 0.526. The Labute approximate surface area is 122 Å². The first-order valence-electron chi connectivity index (χ1n) is 5.89. The summed E-state index contributed by atoms with van der Waals surface area (Å²) in [7, 11) is 0. The van der Waals surface area contributed by atoms with Gasteiger partial charge in [0, 0.05) is 31.9 Å². The van der Waals surface area contributed by atoms with Crippen LogP contribution in [0.2, 0.25) is 5.15 Å². The van der Waals surface area contributed by atoms with Crippen LogP contribution in [0.4, 0.5) is 17.6 Å². The number of rotatable bonds is 3. The van der Waals surface area contributed by atoms with E-state index in [2.05, 4.69) is 10.3 Å². The highest BCUT2D eigenvalue weighted by molar-refractivity contribution is 6.29. The minimum Gasteiger partial charge on any atom is -0.370 e. The second kappa shape index (κ2) is 5.88. The van der Waals surface area contributed by atoms with Gasteiger partial charge in [0.2, 0.25) is 0 Å². The number of carbonyl (C=O) groups excluding carboxylic acids is 1. The van der Waals surface area contributed by atoms with Crippen LogP contribution in [0.3, 0.4) is 0 Å². The van der Waals surface area contributed by atoms with E-state index in [9.17, 15) is 22.4 Å². The van der Waals surface area contributed by atoms with Crippen LogP contribution in [-0.2, 0) is 11.3 Å². The molecule has 4 nitrogen and oxygen atoms in total. The minimum absolute atomic E-state index is 0.0488. The predicted molar refractivity (Wildman–Crippen MR) is 66.8 cm³/mol. The number of allylic oxidation sites excluding steroid dienone is 1. The number of pyridine rings is 1. The minimum atomic E-state index is -4.92. The van der Waals surface area contributed by atoms with Gasteiger partial charge >= 0.3 is 6.18 Å². The normalized spacial score (nSPS) is 17.2. The zero-order valence-electron chi connectivity index (χ0n) is 10.5. The molecular weight excluding hydrogens is 314 g/mol. The van der Waals surface area contributed by atoms with Gasteiger partial charge in [-0.15, -0.1) is 0 Å². The van der Waals surface area contributed by atoms with Crippen LogP contribution in [-0.4, -0.2) is 34.9 Å². The third kappa shape index (κ3) is 3.84. The van der Waals surface area contributed by atoms with E-state index in [1.54, 1.807) is 0 Å². The van der Waals surface area contributed by atoms with Crippen molar-refractivity contribution in [1.82, 2.24) is 15.2 Å². The number of aromatic nitrogens is 1. The SMILES string of the molecule is O=C(/C=C1\NCCN1Cc1cnc(Cl)c(F)c1)C(F)(F)F. The molecule has 0 aromatic carbocycles. The number of hydrogen-bond donors (Lipinski definition) is 1. The molecule has 1 N–H and O–H groups in total. The van der Waals surface area contributed by atoms with Crippen molar-refractivity contribution in [3.63, 3.8) is 0 Å². The Kier molecular flexibility index (Phi) is 4.36. The van der Waals surface area contributed by atoms with Gasteiger partial charge in [0.05, 0.1) is 0 Å². The van der Waals surface area contributed by atoms with E-state index in [1.807, 2.05) is 0 Å². The highest BCUT2D eigenvalue weighted by Crippen LogP contribution is 2.20. The van der Waals surface area contributed by atoms with E-state index < -0.39 is 17.8 Å². The summed E-state index contributed by atoms with van der Waals surface area (Å²) in [5, 5.41) is 2.41. The molecule has 2 rings (SSSR count). The third-order valence-electron chi connectivity index (χ3n) is 2.80. The number of hydrogen-bond acceptors (Lipinski definition) is 4. The summed E-state index contributed by atoms with van der Waals surface area (Å²) in [6.45, 7) is 0.896. The molecule has 0 atom stereocenters. The number of ketones is 1. The van der Waals surface area contributed by atoms with Gasteiger partial charge in [-0.25, -0.2) is 9.37 Å². The summed E-state index contributed by atoms with van der Waals surface area (Å²) in [5.41, 5.74) is 0.436. The van der Waals surface area contributed by atoms with E-state index >= 15 is 0 Å². The van der Waals surface area contributed by atoms with Gasteiger partial charge in [-0.2, -0.15) is 13.2 Å². The Bertz CT molecular complexity index is 588. The third-order valence-corrected chi connectivity index (χ3v) is 3.08. The monoisotopic (exact) mass is 323 g/mol. The Morgan fingerprint density at radius 3 is 2.86 bits per heavy atom. The molecule has 0 unspecified atom stereocenters. The Hall–Kier alpha value is -1.83. The number of nitrogens with zero attached hydrogens (tertiary/aromatic N) is 2. The largest absolute Gasteiger partial charge is 0.454 e. The summed E-state index contributed by atoms with van der Waals surface area (Å²) in [6.07, 6.45) is -3.10. The van der Waals surface area contributed by atoms with E-state index in [4.69, 9.17) is 11.6 Å². The molecule has 1 aromatic heterocycles. The number of carbonyl (C=O) groups is 1. The lowest BCUT2D eigenvalue weighted by atomic mass is 10.2. The summed E-state index contributed by atoms with van der Waals surface area (Å²) >= 11 is 5.45. The van der Waals surface area contributed by atoms with Crippen molar-refractivity contribution >= 4 is 17.4 Å². The van der Waals surface area contributed by atoms with Crippen LogP contribution in [0.1, 0.15) is 5.56 Å². The van der Waals surface area contributed by atoms with Crippen LogP contribution in [0.5, 0.6) is 0 Å². The molecule has 1 saturated heterocycles. The maximum absolute atomic E-state index is 13.3. The molecule has 0 aliphatic carbocycles. The molecule has 9 heteroatoms. The van der Waals surface area contributed by atoms with Crippen LogP contribution in [0.25, 0.3) is 0 Å². The molecule has 0 radical (unpaired) electrons. The average Bonchev–Trinajstić information content (AvgIpc) is 2.80. The molecule has 1 aliphatic rings. The van der Waals surface area contributed by atoms with Crippen molar-refractivity contribution < 1.29 is 22.4 Å². The second-order valence-corrected chi connectivity index (χ2v) is 4.71. The van der Waals surface area contributed by atoms with Crippen molar-refractivity contribution in [2.45, 2.75) is 12.7 Å². The second-order valence-electron chi connectivity index (χ2n) is 4.36. The molecule has 0 saturated carbocycles. The topological polar surface area (TPSA) is 45.2 Å². The maximum atomic E-state index is 13.3. The lowest BCUT2D eigenvalue weighted by Gasteiger charge is -2.19. The molecule has 2 heterocycles. The summed E-state index contributed by atoms with van der Waals surface area (Å²) < 4.78 is 50.0. The fourth-order valence-corrected chi connectivity index (χ4v) is 1.93. The number of halogens is 5. The van der Waals surface area contributed by atoms with E-state index in [1.165, 1.54) is 11.1 Å². The fraction of sp³-hybridized carbons (Fsp3) is 0.333. The van der Waals surface area contributed by atoms with Gasteiger partial charge in [-0.1, -0.05) is 11.6 Å². The van der Waals surface area contributed by atoms with Gasteiger partial charge in [0.25, 0.3) is 5.78 Å². The van der Waals surface area contributed by atoms with Crippen molar-refractivity contribution in [1.29, 1.82) is 0 Å². The highest BCUT2D eigenvalue weighted by Gasteiger charge is 2.37. The van der Waals surface area contributed by atoms with E-state index in [0.29, 0.717) is 24.7 Å². The smallest absolute Gasteiger partial charge is 0.370 e. The van der Waals surface area contributed by atoms with Gasteiger partial charge < -0.3 is 10.2 Å². The molecule has 0 amide bonds. The molecule has 0 bridgehead atoms. The molecule has 21 heavy (non-hydrogen) atoms. The Morgan fingerprint density at radius 1 is 1.52 bits per heavy atom. The van der Waals surface area contributed by atoms with Crippen molar-refractivity contribution in [2.75, 3.05) is 13.1 Å². The van der Waals surface area contributed by atoms with Crippen molar-refractivity contribution in [3.8, 4) is 0 Å². The fourth-order valence-electron chi connectivity index (χ4n) is 1.83. The Balaban J connectivity index is 2.14. The van der Waals surface area contributed by atoms with Gasteiger partial charge in [0.1, 0.15) is 5.82 Å². The first-order chi connectivity index (χ1) is 9.77. The average molecular weight is 324 g/mol. The maximum Gasteiger partial charge on any atom is 0.454 e. The lowest BCUT2D eigenvalue weighted by molar-refractivity contribution is -0.165. The predicted octanol–water partition coefficient (Wildman–Crippen LogP) is 2.25. The van der Waals surface area contributed by atoms with Crippen molar-refractivity contribution in [2.24, 2.45) is 0 Å². The molecule has 0 spiro atoms. The zero-order chi connectivity index (χ0) is 15.6. The number of alkyl halides is 3. The summed E-state index contributed by atoms with van der Waals surface area (Å²) in [4.78, 5) is 16.1. The van der Waals surface area contributed by atoms with E-state index in [0.717, 1.165) is 6.07 Å². The standard InChI is InChI=1S/C12H10ClF4N3O/c13-11-8(14)3-7(5-19-11)6-20-2-1-18-10(20)4-9(21)12(15,16)17/h3-5,18H,1-2,6H2/b10-4+. The molecule has 1 fully saturated rings. The van der Waals surface area contributed by atoms with Gasteiger partial charge in [-0.3, -0.25) is 4.79 Å². The van der Waals surface area contributed by atoms with E-state index in [-0.39, 0.29) is 17.5 Å². The van der Waals surface area contributed by atoms with Gasteiger partial charge in [0.15, 0.2) is 11.0 Å². The Morgan fingerprint density at radius 2 is 2.24 bits per heavy atom. The molecule has 1 aliphatic heterocycles. The molecule has 114 valence electrons. The first kappa shape index (κ1) is 15.6. The summed E-state index contributed by atoms with van der Waals surface area (Å²) in [6, 6.07) is 1.15. The first-order valence-corrected chi connectivity index (χ1v) is 6.27. The van der Waals surface area contributed by atoms with Gasteiger partial charge in [-0.05, 0) is 11.6 Å².